The van der Waals surface area contributed by atoms with E-state index in [0.29, 0.717) is 10.6 Å². The van der Waals surface area contributed by atoms with Gasteiger partial charge in [0.2, 0.25) is 0 Å². The second kappa shape index (κ2) is 10.0. The van der Waals surface area contributed by atoms with Crippen LogP contribution in [0.5, 0.6) is 0 Å². The predicted octanol–water partition coefficient (Wildman–Crippen LogP) is 7.98. The van der Waals surface area contributed by atoms with Gasteiger partial charge in [-0.3, -0.25) is 4.79 Å². The van der Waals surface area contributed by atoms with Crippen molar-refractivity contribution in [1.29, 1.82) is 0 Å². The fourth-order valence-electron chi connectivity index (χ4n) is 4.67. The Balaban J connectivity index is 1.61. The summed E-state index contributed by atoms with van der Waals surface area (Å²) in [4.78, 5) is 12.7. The summed E-state index contributed by atoms with van der Waals surface area (Å²) >= 11 is 5.96. The molecule has 0 spiro atoms. The van der Waals surface area contributed by atoms with E-state index in [1.807, 2.05) is 30.3 Å². The van der Waals surface area contributed by atoms with Crippen molar-refractivity contribution in [2.75, 3.05) is 5.32 Å². The highest BCUT2D eigenvalue weighted by Gasteiger charge is 2.38. The Morgan fingerprint density at radius 3 is 1.34 bits per heavy atom. The molecule has 0 saturated heterocycles. The molecule has 0 aliphatic carbocycles. The third kappa shape index (κ3) is 4.49. The van der Waals surface area contributed by atoms with Crippen LogP contribution in [-0.2, 0) is 5.41 Å². The van der Waals surface area contributed by atoms with Crippen LogP contribution >= 0.6 is 11.6 Å². The van der Waals surface area contributed by atoms with Crippen LogP contribution in [0.15, 0.2) is 140 Å². The van der Waals surface area contributed by atoms with Crippen LogP contribution in [0.25, 0.3) is 0 Å². The van der Waals surface area contributed by atoms with Gasteiger partial charge in [-0.05, 0) is 58.7 Å². The van der Waals surface area contributed by atoms with E-state index < -0.39 is 5.41 Å². The molecule has 0 bridgehead atoms. The van der Waals surface area contributed by atoms with Crippen molar-refractivity contribution in [3.63, 3.8) is 0 Å². The lowest BCUT2D eigenvalue weighted by molar-refractivity contribution is 0.102. The number of benzene rings is 5. The highest BCUT2D eigenvalue weighted by Crippen LogP contribution is 2.45. The first kappa shape index (κ1) is 22.6. The molecule has 0 fully saturated rings. The van der Waals surface area contributed by atoms with E-state index in [9.17, 15) is 4.79 Å². The zero-order valence-corrected chi connectivity index (χ0v) is 19.8. The standard InChI is InChI=1S/C32H24ClNO/c33-29-20-16-24(17-21-29)31(35)34-30-22-18-28(19-23-30)32(25-10-4-1-5-11-25,26-12-6-2-7-13-26)27-14-8-3-9-15-27/h1-23H,(H,34,35). The van der Waals surface area contributed by atoms with E-state index >= 15 is 0 Å². The lowest BCUT2D eigenvalue weighted by Gasteiger charge is -2.37. The van der Waals surface area contributed by atoms with Gasteiger partial charge in [0.05, 0.1) is 5.41 Å². The molecule has 0 aliphatic rings. The van der Waals surface area contributed by atoms with Crippen molar-refractivity contribution in [2.45, 2.75) is 5.41 Å². The molecule has 3 heteroatoms. The molecule has 35 heavy (non-hydrogen) atoms. The molecule has 5 rings (SSSR count). The molecule has 0 unspecified atom stereocenters. The van der Waals surface area contributed by atoms with Gasteiger partial charge in [-0.1, -0.05) is 115 Å². The Kier molecular flexibility index (Phi) is 6.47. The average Bonchev–Trinajstić information content (AvgIpc) is 2.92. The van der Waals surface area contributed by atoms with Crippen LogP contribution in [0, 0.1) is 0 Å². The second-order valence-electron chi connectivity index (χ2n) is 8.39. The first-order valence-electron chi connectivity index (χ1n) is 11.5. The van der Waals surface area contributed by atoms with Gasteiger partial charge in [0.1, 0.15) is 0 Å². The Morgan fingerprint density at radius 2 is 0.914 bits per heavy atom. The van der Waals surface area contributed by atoms with E-state index in [2.05, 4.69) is 90.2 Å². The molecule has 0 radical (unpaired) electrons. The molecule has 5 aromatic rings. The maximum absolute atomic E-state index is 12.7. The third-order valence-corrected chi connectivity index (χ3v) is 6.55. The molecular weight excluding hydrogens is 450 g/mol. The molecule has 0 saturated carbocycles. The monoisotopic (exact) mass is 473 g/mol. The normalized spacial score (nSPS) is 11.1. The Labute approximate surface area is 210 Å². The minimum absolute atomic E-state index is 0.171. The van der Waals surface area contributed by atoms with Crippen LogP contribution in [-0.4, -0.2) is 5.91 Å². The van der Waals surface area contributed by atoms with Gasteiger partial charge in [0, 0.05) is 16.3 Å². The van der Waals surface area contributed by atoms with E-state index in [-0.39, 0.29) is 5.91 Å². The summed E-state index contributed by atoms with van der Waals surface area (Å²) < 4.78 is 0. The number of anilines is 1. The van der Waals surface area contributed by atoms with Gasteiger partial charge in [-0.25, -0.2) is 0 Å². The molecule has 0 aliphatic heterocycles. The fourth-order valence-corrected chi connectivity index (χ4v) is 4.80. The van der Waals surface area contributed by atoms with Crippen molar-refractivity contribution < 1.29 is 4.79 Å². The SMILES string of the molecule is O=C(Nc1ccc(C(c2ccccc2)(c2ccccc2)c2ccccc2)cc1)c1ccc(Cl)cc1. The van der Waals surface area contributed by atoms with Crippen LogP contribution in [0.2, 0.25) is 5.02 Å². The van der Waals surface area contributed by atoms with Crippen molar-refractivity contribution in [1.82, 2.24) is 0 Å². The molecular formula is C32H24ClNO. The zero-order valence-electron chi connectivity index (χ0n) is 19.1. The number of rotatable bonds is 6. The fraction of sp³-hybridized carbons (Fsp3) is 0.0312. The van der Waals surface area contributed by atoms with Gasteiger partial charge >= 0.3 is 0 Å². The second-order valence-corrected chi connectivity index (χ2v) is 8.82. The molecule has 5 aromatic carbocycles. The molecule has 0 heterocycles. The van der Waals surface area contributed by atoms with Crippen LogP contribution < -0.4 is 5.32 Å². The highest BCUT2D eigenvalue weighted by atomic mass is 35.5. The van der Waals surface area contributed by atoms with Gasteiger partial charge in [-0.15, -0.1) is 0 Å². The van der Waals surface area contributed by atoms with Crippen molar-refractivity contribution in [2.24, 2.45) is 0 Å². The summed E-state index contributed by atoms with van der Waals surface area (Å²) in [5.41, 5.74) is 5.43. The minimum Gasteiger partial charge on any atom is -0.322 e. The van der Waals surface area contributed by atoms with Gasteiger partial charge < -0.3 is 5.32 Å². The van der Waals surface area contributed by atoms with Gasteiger partial charge in [0.15, 0.2) is 0 Å². The van der Waals surface area contributed by atoms with E-state index in [4.69, 9.17) is 11.6 Å². The average molecular weight is 474 g/mol. The molecule has 170 valence electrons. The first-order chi connectivity index (χ1) is 17.2. The lowest BCUT2D eigenvalue weighted by atomic mass is 9.65. The van der Waals surface area contributed by atoms with Gasteiger partial charge in [-0.2, -0.15) is 0 Å². The number of halogens is 1. The van der Waals surface area contributed by atoms with Crippen LogP contribution in [0.1, 0.15) is 32.6 Å². The molecule has 1 N–H and O–H groups in total. The Morgan fingerprint density at radius 1 is 0.514 bits per heavy atom. The maximum Gasteiger partial charge on any atom is 0.255 e. The number of carbonyl (C=O) groups excluding carboxylic acids is 1. The molecule has 0 atom stereocenters. The number of nitrogens with one attached hydrogen (secondary N) is 1. The molecule has 2 nitrogen and oxygen atoms in total. The van der Waals surface area contributed by atoms with E-state index in [1.54, 1.807) is 24.3 Å². The van der Waals surface area contributed by atoms with E-state index in [0.717, 1.165) is 11.3 Å². The Bertz CT molecular complexity index is 1300. The van der Waals surface area contributed by atoms with Crippen LogP contribution in [0.3, 0.4) is 0 Å². The predicted molar refractivity (Wildman–Crippen MR) is 144 cm³/mol. The summed E-state index contributed by atoms with van der Waals surface area (Å²) in [7, 11) is 0. The summed E-state index contributed by atoms with van der Waals surface area (Å²) in [6, 6.07) is 46.7. The number of hydrogen-bond donors (Lipinski definition) is 1. The highest BCUT2D eigenvalue weighted by molar-refractivity contribution is 6.30. The number of carbonyl (C=O) groups is 1. The maximum atomic E-state index is 12.7. The largest absolute Gasteiger partial charge is 0.322 e. The quantitative estimate of drug-likeness (QED) is 0.249. The van der Waals surface area contributed by atoms with Gasteiger partial charge in [0.25, 0.3) is 5.91 Å². The van der Waals surface area contributed by atoms with Crippen LogP contribution in [0.4, 0.5) is 5.69 Å². The summed E-state index contributed by atoms with van der Waals surface area (Å²) in [5.74, 6) is -0.171. The van der Waals surface area contributed by atoms with Crippen molar-refractivity contribution in [3.05, 3.63) is 172 Å². The zero-order chi connectivity index (χ0) is 24.1. The number of amides is 1. The number of hydrogen-bond acceptors (Lipinski definition) is 1. The summed E-state index contributed by atoms with van der Waals surface area (Å²) in [6.45, 7) is 0. The molecule has 0 aromatic heterocycles. The third-order valence-electron chi connectivity index (χ3n) is 6.30. The van der Waals surface area contributed by atoms with Crippen molar-refractivity contribution >= 4 is 23.2 Å². The van der Waals surface area contributed by atoms with E-state index in [1.165, 1.54) is 16.7 Å². The summed E-state index contributed by atoms with van der Waals surface area (Å²) in [5, 5.41) is 3.60. The topological polar surface area (TPSA) is 29.1 Å². The lowest BCUT2D eigenvalue weighted by Crippen LogP contribution is -2.31. The van der Waals surface area contributed by atoms with Crippen molar-refractivity contribution in [3.8, 4) is 0 Å². The summed E-state index contributed by atoms with van der Waals surface area (Å²) in [6.07, 6.45) is 0. The first-order valence-corrected chi connectivity index (χ1v) is 11.9. The molecule has 1 amide bonds. The smallest absolute Gasteiger partial charge is 0.255 e. The minimum atomic E-state index is -0.511. The Hall–Kier alpha value is -4.14.